The van der Waals surface area contributed by atoms with Crippen LogP contribution in [0.15, 0.2) is 12.2 Å². The highest BCUT2D eigenvalue weighted by molar-refractivity contribution is 7.47. The maximum atomic E-state index is 12.8. The summed E-state index contributed by atoms with van der Waals surface area (Å²) >= 11 is 0. The summed E-state index contributed by atoms with van der Waals surface area (Å²) in [5.41, 5.74) is 0. The van der Waals surface area contributed by atoms with Gasteiger partial charge in [-0.2, -0.15) is 0 Å². The predicted octanol–water partition coefficient (Wildman–Crippen LogP) is 9.06. The molecule has 1 rings (SSSR count). The molecule has 0 radical (unpaired) electrons. The van der Waals surface area contributed by atoms with Crippen molar-refractivity contribution < 1.29 is 63.1 Å². The number of hydrogen-bond donors (Lipinski definition) is 6. The van der Waals surface area contributed by atoms with Crippen LogP contribution in [-0.2, 0) is 32.7 Å². The van der Waals surface area contributed by atoms with Crippen LogP contribution in [-0.4, -0.2) is 98.3 Å². The number of aliphatic hydroxyl groups excluding tert-OH is 5. The molecule has 0 heterocycles. The first-order chi connectivity index (χ1) is 28.4. The smallest absolute Gasteiger partial charge is 0.462 e. The summed E-state index contributed by atoms with van der Waals surface area (Å²) in [5.74, 6) is -1.10. The molecular weight excluding hydrogens is 779 g/mol. The number of unbranched alkanes of at least 4 members (excludes halogenated alkanes) is 25. The molecule has 0 spiro atoms. The molecule has 0 aromatic carbocycles. The summed E-state index contributed by atoms with van der Waals surface area (Å²) in [4.78, 5) is 35.6. The van der Waals surface area contributed by atoms with E-state index >= 15 is 0 Å². The molecular formula is C45H85O13P. The molecule has 0 aromatic heterocycles. The Balaban J connectivity index is 2.39. The maximum Gasteiger partial charge on any atom is 0.472 e. The first kappa shape index (κ1) is 55.6. The van der Waals surface area contributed by atoms with Gasteiger partial charge in [0.25, 0.3) is 0 Å². The van der Waals surface area contributed by atoms with Gasteiger partial charge in [-0.15, -0.1) is 0 Å². The summed E-state index contributed by atoms with van der Waals surface area (Å²) in [6.07, 6.45) is 24.2. The van der Waals surface area contributed by atoms with Crippen molar-refractivity contribution in [1.82, 2.24) is 0 Å². The number of carbonyl (C=O) groups excluding carboxylic acids is 2. The number of esters is 2. The average Bonchev–Trinajstić information content (AvgIpc) is 3.21. The van der Waals surface area contributed by atoms with Gasteiger partial charge in [0.05, 0.1) is 6.61 Å². The lowest BCUT2D eigenvalue weighted by Gasteiger charge is -2.41. The van der Waals surface area contributed by atoms with E-state index in [1.165, 1.54) is 109 Å². The van der Waals surface area contributed by atoms with Crippen LogP contribution < -0.4 is 0 Å². The lowest BCUT2D eigenvalue weighted by Crippen LogP contribution is -2.64. The van der Waals surface area contributed by atoms with Crippen LogP contribution >= 0.6 is 7.82 Å². The second kappa shape index (κ2) is 36.1. The number of rotatable bonds is 39. The molecule has 6 unspecified atom stereocenters. The summed E-state index contributed by atoms with van der Waals surface area (Å²) in [7, 11) is -5.11. The minimum Gasteiger partial charge on any atom is -0.462 e. The fourth-order valence-electron chi connectivity index (χ4n) is 7.27. The molecule has 6 atom stereocenters. The largest absolute Gasteiger partial charge is 0.472 e. The predicted molar refractivity (Wildman–Crippen MR) is 231 cm³/mol. The monoisotopic (exact) mass is 865 g/mol. The Morgan fingerprint density at radius 2 is 0.881 bits per heavy atom. The zero-order valence-electron chi connectivity index (χ0n) is 36.8. The quantitative estimate of drug-likeness (QED) is 0.0148. The van der Waals surface area contributed by atoms with E-state index < -0.39 is 75.7 Å². The van der Waals surface area contributed by atoms with Gasteiger partial charge >= 0.3 is 19.8 Å². The molecule has 0 bridgehead atoms. The van der Waals surface area contributed by atoms with E-state index in [4.69, 9.17) is 18.5 Å². The van der Waals surface area contributed by atoms with Crippen molar-refractivity contribution in [2.24, 2.45) is 0 Å². The van der Waals surface area contributed by atoms with Gasteiger partial charge in [0.1, 0.15) is 43.2 Å². The van der Waals surface area contributed by atoms with Gasteiger partial charge in [-0.05, 0) is 32.1 Å². The highest BCUT2D eigenvalue weighted by Gasteiger charge is 2.51. The third-order valence-corrected chi connectivity index (χ3v) is 12.1. The summed E-state index contributed by atoms with van der Waals surface area (Å²) in [6.45, 7) is 3.26. The molecule has 1 aliphatic carbocycles. The Hall–Kier alpha value is -1.41. The van der Waals surface area contributed by atoms with Crippen LogP contribution in [0.2, 0.25) is 0 Å². The molecule has 1 saturated carbocycles. The SMILES string of the molecule is CCCC/C=C\CCCCCCCC(=O)OC(COC(=O)CCCCCCCCCCCCCCCCCCCCC)COP(=O)(O)OC1C(O)C(O)C(O)C(O)C1O. The van der Waals surface area contributed by atoms with E-state index in [1.54, 1.807) is 0 Å². The molecule has 0 aromatic rings. The highest BCUT2D eigenvalue weighted by Crippen LogP contribution is 2.47. The maximum absolute atomic E-state index is 12.8. The number of aliphatic hydroxyl groups is 5. The Morgan fingerprint density at radius 1 is 0.508 bits per heavy atom. The molecule has 348 valence electrons. The van der Waals surface area contributed by atoms with E-state index in [-0.39, 0.29) is 12.8 Å². The van der Waals surface area contributed by atoms with Gasteiger partial charge in [-0.1, -0.05) is 174 Å². The summed E-state index contributed by atoms with van der Waals surface area (Å²) < 4.78 is 33.5. The van der Waals surface area contributed by atoms with Crippen LogP contribution in [0.1, 0.15) is 206 Å². The van der Waals surface area contributed by atoms with E-state index in [0.29, 0.717) is 12.8 Å². The Kier molecular flexibility index (Phi) is 34.0. The van der Waals surface area contributed by atoms with Crippen molar-refractivity contribution in [2.45, 2.75) is 249 Å². The molecule has 0 aliphatic heterocycles. The number of phosphoric acid groups is 1. The number of allylic oxidation sites excluding steroid dienone is 2. The van der Waals surface area contributed by atoms with Crippen LogP contribution in [0.4, 0.5) is 0 Å². The Morgan fingerprint density at radius 3 is 1.34 bits per heavy atom. The fourth-order valence-corrected chi connectivity index (χ4v) is 8.24. The fraction of sp³-hybridized carbons (Fsp3) is 0.911. The number of phosphoric ester groups is 1. The van der Waals surface area contributed by atoms with Gasteiger partial charge in [-0.25, -0.2) is 4.57 Å². The van der Waals surface area contributed by atoms with Crippen molar-refractivity contribution in [3.8, 4) is 0 Å². The van der Waals surface area contributed by atoms with Crippen LogP contribution in [0.25, 0.3) is 0 Å². The van der Waals surface area contributed by atoms with Crippen LogP contribution in [0, 0.1) is 0 Å². The molecule has 6 N–H and O–H groups in total. The van der Waals surface area contributed by atoms with E-state index in [0.717, 1.165) is 57.8 Å². The number of hydrogen-bond acceptors (Lipinski definition) is 12. The van der Waals surface area contributed by atoms with E-state index in [2.05, 4.69) is 26.0 Å². The molecule has 0 amide bonds. The Bertz CT molecular complexity index is 1090. The lowest BCUT2D eigenvalue weighted by molar-refractivity contribution is -0.220. The van der Waals surface area contributed by atoms with Gasteiger partial charge in [0.15, 0.2) is 6.10 Å². The van der Waals surface area contributed by atoms with Crippen LogP contribution in [0.3, 0.4) is 0 Å². The second-order valence-corrected chi connectivity index (χ2v) is 18.0. The van der Waals surface area contributed by atoms with Crippen molar-refractivity contribution in [3.05, 3.63) is 12.2 Å². The van der Waals surface area contributed by atoms with Gasteiger partial charge in [0, 0.05) is 12.8 Å². The van der Waals surface area contributed by atoms with Crippen LogP contribution in [0.5, 0.6) is 0 Å². The minimum atomic E-state index is -5.11. The van der Waals surface area contributed by atoms with Crippen molar-refractivity contribution in [2.75, 3.05) is 13.2 Å². The van der Waals surface area contributed by atoms with Gasteiger partial charge < -0.3 is 39.9 Å². The standard InChI is InChI=1S/C45H85O13P/c1-3-5-7-9-11-13-15-16-17-18-19-20-21-22-24-25-27-29-31-33-38(46)55-35-37(57-39(47)34-32-30-28-26-23-14-12-10-8-6-4-2)36-56-59(53,54)58-45-43(51)41(49)40(48)42(50)44(45)52/h10,12,37,40-45,48-52H,3-9,11,13-36H2,1-2H3,(H,53,54)/b12-10-. The molecule has 14 heteroatoms. The first-order valence-corrected chi connectivity index (χ1v) is 25.0. The summed E-state index contributed by atoms with van der Waals surface area (Å²) in [5, 5.41) is 50.1. The third-order valence-electron chi connectivity index (χ3n) is 11.1. The molecule has 1 fully saturated rings. The summed E-state index contributed by atoms with van der Waals surface area (Å²) in [6, 6.07) is 0. The molecule has 0 saturated heterocycles. The topological polar surface area (TPSA) is 210 Å². The molecule has 59 heavy (non-hydrogen) atoms. The number of ether oxygens (including phenoxy) is 2. The minimum absolute atomic E-state index is 0.0899. The van der Waals surface area contributed by atoms with Crippen molar-refractivity contribution >= 4 is 19.8 Å². The Labute approximate surface area is 356 Å². The molecule has 1 aliphatic rings. The zero-order valence-corrected chi connectivity index (χ0v) is 37.7. The second-order valence-electron chi connectivity index (χ2n) is 16.6. The third kappa shape index (κ3) is 28.7. The lowest BCUT2D eigenvalue weighted by atomic mass is 9.85. The van der Waals surface area contributed by atoms with Gasteiger partial charge in [-0.3, -0.25) is 18.6 Å². The normalized spacial score (nSPS) is 22.4. The van der Waals surface area contributed by atoms with Crippen molar-refractivity contribution in [3.63, 3.8) is 0 Å². The molecule has 13 nitrogen and oxygen atoms in total. The van der Waals surface area contributed by atoms with Crippen molar-refractivity contribution in [1.29, 1.82) is 0 Å². The van der Waals surface area contributed by atoms with E-state index in [9.17, 15) is 44.6 Å². The zero-order chi connectivity index (χ0) is 43.6. The number of carbonyl (C=O) groups is 2. The first-order valence-electron chi connectivity index (χ1n) is 23.5. The van der Waals surface area contributed by atoms with Gasteiger partial charge in [0.2, 0.25) is 0 Å². The average molecular weight is 865 g/mol. The highest BCUT2D eigenvalue weighted by atomic mass is 31.2. The van der Waals surface area contributed by atoms with E-state index in [1.807, 2.05) is 0 Å².